The molecule has 0 bridgehead atoms. The van der Waals surface area contributed by atoms with Crippen molar-refractivity contribution in [3.8, 4) is 0 Å². The number of benzene rings is 2. The summed E-state index contributed by atoms with van der Waals surface area (Å²) < 4.78 is 65.9. The molecule has 0 aliphatic carbocycles. The molecule has 1 saturated heterocycles. The van der Waals surface area contributed by atoms with E-state index in [4.69, 9.17) is 11.6 Å². The highest BCUT2D eigenvalue weighted by Crippen LogP contribution is 2.32. The second kappa shape index (κ2) is 8.80. The molecule has 0 radical (unpaired) electrons. The number of piperidine rings is 1. The summed E-state index contributed by atoms with van der Waals surface area (Å²) in [6.45, 7) is 0.981. The molecule has 31 heavy (non-hydrogen) atoms. The van der Waals surface area contributed by atoms with Gasteiger partial charge in [-0.15, -0.1) is 11.3 Å². The Morgan fingerprint density at radius 2 is 1.71 bits per heavy atom. The van der Waals surface area contributed by atoms with Crippen LogP contribution in [0.5, 0.6) is 0 Å². The molecule has 2 aromatic carbocycles. The van der Waals surface area contributed by atoms with Crippen molar-refractivity contribution in [3.05, 3.63) is 75.5 Å². The Labute approximate surface area is 187 Å². The van der Waals surface area contributed by atoms with Crippen LogP contribution in [0.1, 0.15) is 24.1 Å². The van der Waals surface area contributed by atoms with Crippen molar-refractivity contribution in [2.75, 3.05) is 18.0 Å². The zero-order valence-corrected chi connectivity index (χ0v) is 18.6. The summed E-state index contributed by atoms with van der Waals surface area (Å²) in [4.78, 5) is 6.50. The lowest BCUT2D eigenvalue weighted by Gasteiger charge is -2.31. The molecule has 164 valence electrons. The third kappa shape index (κ3) is 4.88. The van der Waals surface area contributed by atoms with Crippen LogP contribution in [0.4, 0.5) is 18.3 Å². The summed E-state index contributed by atoms with van der Waals surface area (Å²) in [6, 6.07) is 6.69. The average Bonchev–Trinajstić information content (AvgIpc) is 3.15. The van der Waals surface area contributed by atoms with Gasteiger partial charge in [-0.25, -0.2) is 26.6 Å². The molecule has 10 heteroatoms. The van der Waals surface area contributed by atoms with Gasteiger partial charge < -0.3 is 4.90 Å². The Hall–Kier alpha value is -2.10. The van der Waals surface area contributed by atoms with E-state index >= 15 is 0 Å². The third-order valence-electron chi connectivity index (χ3n) is 5.20. The predicted octanol–water partition coefficient (Wildman–Crippen LogP) is 5.25. The summed E-state index contributed by atoms with van der Waals surface area (Å²) in [6.07, 6.45) is 1.08. The topological polar surface area (TPSA) is 50.3 Å². The number of halogens is 4. The van der Waals surface area contributed by atoms with E-state index in [1.54, 1.807) is 0 Å². The molecular formula is C21H18ClF3N2O2S2. The second-order valence-electron chi connectivity index (χ2n) is 7.38. The van der Waals surface area contributed by atoms with Crippen LogP contribution in [-0.4, -0.2) is 31.7 Å². The fourth-order valence-electron chi connectivity index (χ4n) is 3.69. The first-order valence-electron chi connectivity index (χ1n) is 9.55. The van der Waals surface area contributed by atoms with Crippen LogP contribution in [0.25, 0.3) is 0 Å². The molecule has 1 aromatic heterocycles. The van der Waals surface area contributed by atoms with Gasteiger partial charge >= 0.3 is 0 Å². The SMILES string of the molecule is O=S(=O)(c1ccc(F)cc1Cl)C1CCN(c2nc(Cc3cc(F)cc(F)c3)cs2)CC1. The normalized spacial score (nSPS) is 15.4. The van der Waals surface area contributed by atoms with Crippen molar-refractivity contribution >= 4 is 37.9 Å². The molecule has 4 nitrogen and oxygen atoms in total. The van der Waals surface area contributed by atoms with Crippen molar-refractivity contribution in [3.63, 3.8) is 0 Å². The van der Waals surface area contributed by atoms with Gasteiger partial charge in [0.25, 0.3) is 0 Å². The predicted molar refractivity (Wildman–Crippen MR) is 115 cm³/mol. The second-order valence-corrected chi connectivity index (χ2v) is 10.8. The van der Waals surface area contributed by atoms with Crippen LogP contribution in [0.15, 0.2) is 46.7 Å². The summed E-state index contributed by atoms with van der Waals surface area (Å²) in [5, 5.41) is 1.85. The summed E-state index contributed by atoms with van der Waals surface area (Å²) in [5.41, 5.74) is 1.19. The lowest BCUT2D eigenvalue weighted by Crippen LogP contribution is -2.39. The van der Waals surface area contributed by atoms with Crippen molar-refractivity contribution in [1.29, 1.82) is 0 Å². The molecule has 4 rings (SSSR count). The standard InChI is InChI=1S/C21H18ClF3N2O2S2/c22-19-11-14(23)1-2-20(19)31(28,29)18-3-5-27(6-4-18)21-26-17(12-30-21)9-13-7-15(24)10-16(25)8-13/h1-2,7-8,10-12,18H,3-6,9H2. The van der Waals surface area contributed by atoms with Crippen LogP contribution < -0.4 is 4.90 Å². The van der Waals surface area contributed by atoms with E-state index in [9.17, 15) is 21.6 Å². The maximum atomic E-state index is 13.4. The minimum Gasteiger partial charge on any atom is -0.348 e. The molecule has 2 heterocycles. The highest BCUT2D eigenvalue weighted by atomic mass is 35.5. The van der Waals surface area contributed by atoms with Gasteiger partial charge in [-0.05, 0) is 48.7 Å². The van der Waals surface area contributed by atoms with Gasteiger partial charge in [0.15, 0.2) is 15.0 Å². The Bertz CT molecular complexity index is 1190. The van der Waals surface area contributed by atoms with Gasteiger partial charge in [0.1, 0.15) is 17.5 Å². The molecule has 1 aliphatic rings. The molecule has 1 aliphatic heterocycles. The van der Waals surface area contributed by atoms with Crippen LogP contribution >= 0.6 is 22.9 Å². The first kappa shape index (κ1) is 22.1. The van der Waals surface area contributed by atoms with Crippen LogP contribution in [0, 0.1) is 17.5 Å². The Kier molecular flexibility index (Phi) is 6.27. The van der Waals surface area contributed by atoms with Crippen LogP contribution in [0.2, 0.25) is 5.02 Å². The molecule has 1 fully saturated rings. The van der Waals surface area contributed by atoms with Crippen molar-refractivity contribution in [2.45, 2.75) is 29.4 Å². The summed E-state index contributed by atoms with van der Waals surface area (Å²) in [5.74, 6) is -1.84. The maximum absolute atomic E-state index is 13.4. The molecule has 0 atom stereocenters. The number of nitrogens with zero attached hydrogens (tertiary/aromatic N) is 2. The zero-order valence-electron chi connectivity index (χ0n) is 16.2. The van der Waals surface area contributed by atoms with Crippen molar-refractivity contribution in [1.82, 2.24) is 4.98 Å². The minimum atomic E-state index is -3.67. The van der Waals surface area contributed by atoms with E-state index in [-0.39, 0.29) is 9.92 Å². The highest BCUT2D eigenvalue weighted by molar-refractivity contribution is 7.92. The molecule has 3 aromatic rings. The summed E-state index contributed by atoms with van der Waals surface area (Å²) >= 11 is 7.37. The third-order valence-corrected chi connectivity index (χ3v) is 8.89. The summed E-state index contributed by atoms with van der Waals surface area (Å²) in [7, 11) is -3.67. The first-order chi connectivity index (χ1) is 14.7. The number of thiazole rings is 1. The van der Waals surface area contributed by atoms with E-state index in [1.165, 1.54) is 29.5 Å². The Balaban J connectivity index is 1.42. The largest absolute Gasteiger partial charge is 0.348 e. The molecule has 0 saturated carbocycles. The van der Waals surface area contributed by atoms with E-state index in [1.807, 2.05) is 10.3 Å². The van der Waals surface area contributed by atoms with E-state index < -0.39 is 32.5 Å². The molecular weight excluding hydrogens is 469 g/mol. The van der Waals surface area contributed by atoms with E-state index in [0.717, 1.165) is 23.3 Å². The number of hydrogen-bond acceptors (Lipinski definition) is 5. The van der Waals surface area contributed by atoms with Crippen LogP contribution in [0.3, 0.4) is 0 Å². The lowest BCUT2D eigenvalue weighted by atomic mass is 10.1. The van der Waals surface area contributed by atoms with Gasteiger partial charge in [0.05, 0.1) is 20.9 Å². The van der Waals surface area contributed by atoms with Crippen LogP contribution in [-0.2, 0) is 16.3 Å². The number of hydrogen-bond donors (Lipinski definition) is 0. The average molecular weight is 487 g/mol. The van der Waals surface area contributed by atoms with E-state index in [0.29, 0.717) is 43.6 Å². The van der Waals surface area contributed by atoms with Crippen molar-refractivity contribution in [2.24, 2.45) is 0 Å². The van der Waals surface area contributed by atoms with Gasteiger partial charge in [-0.2, -0.15) is 0 Å². The zero-order chi connectivity index (χ0) is 22.2. The highest BCUT2D eigenvalue weighted by Gasteiger charge is 2.33. The monoisotopic (exact) mass is 486 g/mol. The number of rotatable bonds is 5. The van der Waals surface area contributed by atoms with E-state index in [2.05, 4.69) is 4.98 Å². The van der Waals surface area contributed by atoms with Gasteiger partial charge in [0.2, 0.25) is 0 Å². The lowest BCUT2D eigenvalue weighted by molar-refractivity contribution is 0.529. The van der Waals surface area contributed by atoms with Gasteiger partial charge in [-0.3, -0.25) is 0 Å². The minimum absolute atomic E-state index is 0.0483. The molecule has 0 N–H and O–H groups in total. The Morgan fingerprint density at radius 1 is 1.03 bits per heavy atom. The van der Waals surface area contributed by atoms with Gasteiger partial charge in [0, 0.05) is 31.0 Å². The van der Waals surface area contributed by atoms with Gasteiger partial charge in [-0.1, -0.05) is 11.6 Å². The number of anilines is 1. The fourth-order valence-corrected chi connectivity index (χ4v) is 6.84. The molecule has 0 unspecified atom stereocenters. The Morgan fingerprint density at radius 3 is 2.35 bits per heavy atom. The van der Waals surface area contributed by atoms with Crippen molar-refractivity contribution < 1.29 is 21.6 Å². The molecule has 0 amide bonds. The number of aromatic nitrogens is 1. The molecule has 0 spiro atoms. The fraction of sp³-hybridized carbons (Fsp3) is 0.286. The smallest absolute Gasteiger partial charge is 0.185 e. The maximum Gasteiger partial charge on any atom is 0.185 e. The number of sulfone groups is 1. The quantitative estimate of drug-likeness (QED) is 0.462. The first-order valence-corrected chi connectivity index (χ1v) is 12.4.